The van der Waals surface area contributed by atoms with E-state index < -0.39 is 5.54 Å². The lowest BCUT2D eigenvalue weighted by Crippen LogP contribution is -2.24. The number of hydrogen-bond donors (Lipinski definition) is 1. The number of pyridine rings is 2. The lowest BCUT2D eigenvalue weighted by atomic mass is 10.1. The molecule has 0 aliphatic carbocycles. The quantitative estimate of drug-likeness (QED) is 0.527. The van der Waals surface area contributed by atoms with Crippen molar-refractivity contribution < 1.29 is 14.6 Å². The van der Waals surface area contributed by atoms with Gasteiger partial charge in [-0.3, -0.25) is 9.25 Å². The van der Waals surface area contributed by atoms with Crippen LogP contribution < -0.4 is 9.47 Å². The largest absolute Gasteiger partial charge is 0.494 e. The van der Waals surface area contributed by atoms with Crippen LogP contribution in [0.2, 0.25) is 0 Å². The molecule has 0 bridgehead atoms. The van der Waals surface area contributed by atoms with Crippen molar-refractivity contribution >= 4 is 10.9 Å². The molecule has 0 atom stereocenters. The summed E-state index contributed by atoms with van der Waals surface area (Å²) in [4.78, 5) is 9.00. The maximum absolute atomic E-state index is 10.9. The second-order valence-corrected chi connectivity index (χ2v) is 7.66. The molecule has 0 fully saturated rings. The van der Waals surface area contributed by atoms with Crippen LogP contribution in [0.1, 0.15) is 19.4 Å². The molecule has 0 aliphatic heterocycles. The Hall–Kier alpha value is -4.06. The van der Waals surface area contributed by atoms with Crippen molar-refractivity contribution in [2.24, 2.45) is 0 Å². The predicted molar refractivity (Wildman–Crippen MR) is 115 cm³/mol. The smallest absolute Gasteiger partial charge is 0.256 e. The van der Waals surface area contributed by atoms with Crippen molar-refractivity contribution in [2.75, 3.05) is 14.2 Å². The SMILES string of the molecule is COc1cc(-c2cc(C)c3c(O)n(-c4cnn(C(C)(C)C#N)c4)cc3n2)cnc1OC. The first-order valence-corrected chi connectivity index (χ1v) is 9.56. The molecule has 9 heteroatoms. The van der Waals surface area contributed by atoms with Crippen LogP contribution in [0.15, 0.2) is 36.9 Å². The van der Waals surface area contributed by atoms with E-state index in [1.54, 1.807) is 55.0 Å². The maximum atomic E-state index is 10.9. The minimum Gasteiger partial charge on any atom is -0.494 e. The molecule has 0 spiro atoms. The van der Waals surface area contributed by atoms with Crippen molar-refractivity contribution in [1.82, 2.24) is 24.3 Å². The molecule has 1 N–H and O–H groups in total. The highest BCUT2D eigenvalue weighted by molar-refractivity contribution is 5.90. The molecule has 4 rings (SSSR count). The fraction of sp³-hybridized carbons (Fsp3) is 0.273. The molecule has 0 saturated heterocycles. The zero-order valence-corrected chi connectivity index (χ0v) is 17.9. The number of aryl methyl sites for hydroxylation is 1. The summed E-state index contributed by atoms with van der Waals surface area (Å²) in [5.74, 6) is 0.962. The van der Waals surface area contributed by atoms with Gasteiger partial charge in [0.25, 0.3) is 5.88 Å². The molecule has 4 aromatic heterocycles. The van der Waals surface area contributed by atoms with Gasteiger partial charge in [-0.1, -0.05) is 0 Å². The molecule has 0 aromatic carbocycles. The summed E-state index contributed by atoms with van der Waals surface area (Å²) < 4.78 is 13.7. The lowest BCUT2D eigenvalue weighted by molar-refractivity contribution is 0.343. The van der Waals surface area contributed by atoms with Crippen molar-refractivity contribution in [3.8, 4) is 40.5 Å². The molecule has 0 amide bonds. The van der Waals surface area contributed by atoms with Gasteiger partial charge in [-0.05, 0) is 38.5 Å². The molecule has 0 unspecified atom stereocenters. The van der Waals surface area contributed by atoms with Crippen LogP contribution in [0.4, 0.5) is 0 Å². The van der Waals surface area contributed by atoms with E-state index in [9.17, 15) is 10.4 Å². The Morgan fingerprint density at radius 3 is 2.58 bits per heavy atom. The van der Waals surface area contributed by atoms with E-state index >= 15 is 0 Å². The average molecular weight is 418 g/mol. The molecule has 31 heavy (non-hydrogen) atoms. The number of fused-ring (bicyclic) bond motifs is 1. The van der Waals surface area contributed by atoms with Gasteiger partial charge in [0.1, 0.15) is 5.54 Å². The minimum atomic E-state index is -0.803. The molecule has 0 saturated carbocycles. The van der Waals surface area contributed by atoms with E-state index in [-0.39, 0.29) is 5.88 Å². The first kappa shape index (κ1) is 20.2. The molecule has 158 valence electrons. The number of ether oxygens (including phenoxy) is 2. The topological polar surface area (TPSA) is 111 Å². The normalized spacial score (nSPS) is 11.5. The van der Waals surface area contributed by atoms with Crippen LogP contribution in [0.25, 0.3) is 27.8 Å². The molecular formula is C22H22N6O3. The van der Waals surface area contributed by atoms with Crippen LogP contribution >= 0.6 is 0 Å². The number of nitrogens with zero attached hydrogens (tertiary/aromatic N) is 6. The third-order valence-electron chi connectivity index (χ3n) is 5.17. The molecule has 9 nitrogen and oxygen atoms in total. The van der Waals surface area contributed by atoms with Crippen molar-refractivity contribution in [1.29, 1.82) is 5.26 Å². The van der Waals surface area contributed by atoms with Gasteiger partial charge in [0.05, 0.1) is 55.0 Å². The summed E-state index contributed by atoms with van der Waals surface area (Å²) in [6.45, 7) is 5.45. The van der Waals surface area contributed by atoms with Crippen LogP contribution in [0.3, 0.4) is 0 Å². The van der Waals surface area contributed by atoms with E-state index in [4.69, 9.17) is 14.5 Å². The molecule has 0 radical (unpaired) electrons. The summed E-state index contributed by atoms with van der Waals surface area (Å²) in [5.41, 5.74) is 2.76. The molecule has 4 aromatic rings. The Morgan fingerprint density at radius 1 is 1.13 bits per heavy atom. The summed E-state index contributed by atoms with van der Waals surface area (Å²) in [6.07, 6.45) is 6.73. The Bertz CT molecular complexity index is 1330. The van der Waals surface area contributed by atoms with Gasteiger partial charge < -0.3 is 14.6 Å². The van der Waals surface area contributed by atoms with E-state index in [0.29, 0.717) is 33.9 Å². The van der Waals surface area contributed by atoms with Gasteiger partial charge in [-0.15, -0.1) is 0 Å². The number of aromatic nitrogens is 5. The highest BCUT2D eigenvalue weighted by Gasteiger charge is 2.22. The van der Waals surface area contributed by atoms with Gasteiger partial charge >= 0.3 is 0 Å². The average Bonchev–Trinajstić information content (AvgIpc) is 3.38. The van der Waals surface area contributed by atoms with Crippen LogP contribution in [0, 0.1) is 18.3 Å². The molecule has 4 heterocycles. The van der Waals surface area contributed by atoms with Gasteiger partial charge in [0.15, 0.2) is 5.75 Å². The maximum Gasteiger partial charge on any atom is 0.256 e. The van der Waals surface area contributed by atoms with Crippen molar-refractivity contribution in [3.05, 3.63) is 42.5 Å². The minimum absolute atomic E-state index is 0.0614. The van der Waals surface area contributed by atoms with Gasteiger partial charge in [0, 0.05) is 18.0 Å². The number of methoxy groups -OCH3 is 2. The van der Waals surface area contributed by atoms with E-state index in [1.165, 1.54) is 7.11 Å². The summed E-state index contributed by atoms with van der Waals surface area (Å²) >= 11 is 0. The van der Waals surface area contributed by atoms with Crippen molar-refractivity contribution in [3.63, 3.8) is 0 Å². The van der Waals surface area contributed by atoms with Crippen LogP contribution in [-0.2, 0) is 5.54 Å². The third kappa shape index (κ3) is 3.32. The number of hydrogen-bond acceptors (Lipinski definition) is 7. The Kier molecular flexibility index (Phi) is 4.78. The first-order chi connectivity index (χ1) is 14.8. The number of aromatic hydroxyl groups is 1. The van der Waals surface area contributed by atoms with Gasteiger partial charge in [-0.2, -0.15) is 10.4 Å². The van der Waals surface area contributed by atoms with E-state index in [2.05, 4.69) is 16.2 Å². The Balaban J connectivity index is 1.82. The summed E-state index contributed by atoms with van der Waals surface area (Å²) in [5, 5.41) is 25.1. The number of nitriles is 1. The fourth-order valence-electron chi connectivity index (χ4n) is 3.40. The van der Waals surface area contributed by atoms with E-state index in [1.807, 2.05) is 19.1 Å². The van der Waals surface area contributed by atoms with Crippen LogP contribution in [-0.4, -0.2) is 43.6 Å². The second kappa shape index (κ2) is 7.32. The summed E-state index contributed by atoms with van der Waals surface area (Å²) in [7, 11) is 3.08. The van der Waals surface area contributed by atoms with Gasteiger partial charge in [0.2, 0.25) is 5.88 Å². The van der Waals surface area contributed by atoms with E-state index in [0.717, 1.165) is 11.1 Å². The van der Waals surface area contributed by atoms with Crippen molar-refractivity contribution in [2.45, 2.75) is 26.3 Å². The highest BCUT2D eigenvalue weighted by atomic mass is 16.5. The highest BCUT2D eigenvalue weighted by Crippen LogP contribution is 2.35. The fourth-order valence-corrected chi connectivity index (χ4v) is 3.40. The standard InChI is InChI=1S/C22H22N6O3/c1-13-6-16(14-7-18(30-4)20(31-5)24-8-14)26-17-11-27(21(29)19(13)17)15-9-25-28(10-15)22(2,3)12-23/h6-11,29H,1-5H3. The molecular weight excluding hydrogens is 396 g/mol. The lowest BCUT2D eigenvalue weighted by Gasteiger charge is -2.15. The zero-order chi connectivity index (χ0) is 22.3. The monoisotopic (exact) mass is 418 g/mol. The molecule has 0 aliphatic rings. The Labute approximate surface area is 179 Å². The van der Waals surface area contributed by atoms with Crippen LogP contribution in [0.5, 0.6) is 17.5 Å². The second-order valence-electron chi connectivity index (χ2n) is 7.66. The summed E-state index contributed by atoms with van der Waals surface area (Å²) in [6, 6.07) is 5.90. The zero-order valence-electron chi connectivity index (χ0n) is 17.9. The predicted octanol–water partition coefficient (Wildman–Crippen LogP) is 3.57. The van der Waals surface area contributed by atoms with Gasteiger partial charge in [-0.25, -0.2) is 9.97 Å². The number of rotatable bonds is 5. The Morgan fingerprint density at radius 2 is 1.90 bits per heavy atom. The first-order valence-electron chi connectivity index (χ1n) is 9.56. The third-order valence-corrected chi connectivity index (χ3v) is 5.17.